The second-order valence-electron chi connectivity index (χ2n) is 7.37. The topological polar surface area (TPSA) is 63.7 Å². The van der Waals surface area contributed by atoms with Crippen LogP contribution in [0.5, 0.6) is 5.75 Å². The number of carbonyl (C=O) groups excluding carboxylic acids is 1. The van der Waals surface area contributed by atoms with E-state index in [9.17, 15) is 4.79 Å². The number of para-hydroxylation sites is 1. The van der Waals surface area contributed by atoms with E-state index >= 15 is 0 Å². The van der Waals surface area contributed by atoms with Gasteiger partial charge in [-0.3, -0.25) is 4.79 Å². The average Bonchev–Trinajstić information content (AvgIpc) is 3.43. The van der Waals surface area contributed by atoms with Crippen LogP contribution in [0.1, 0.15) is 29.1 Å². The van der Waals surface area contributed by atoms with Gasteiger partial charge in [0.15, 0.2) is 11.4 Å². The summed E-state index contributed by atoms with van der Waals surface area (Å²) in [6, 6.07) is 13.6. The number of ether oxygens (including phenoxy) is 1. The molecule has 3 heterocycles. The molecule has 1 amide bonds. The summed E-state index contributed by atoms with van der Waals surface area (Å²) in [5.41, 5.74) is 1.20. The number of rotatable bonds is 6. The molecular weight excluding hydrogens is 368 g/mol. The zero-order valence-corrected chi connectivity index (χ0v) is 16.8. The maximum Gasteiger partial charge on any atom is 0.278 e. The molecule has 1 aromatic carbocycles. The minimum absolute atomic E-state index is 0.135. The van der Waals surface area contributed by atoms with Gasteiger partial charge in [-0.25, -0.2) is 4.68 Å². The van der Waals surface area contributed by atoms with Crippen molar-refractivity contribution >= 4 is 5.91 Å². The van der Waals surface area contributed by atoms with Gasteiger partial charge in [0.1, 0.15) is 5.76 Å². The van der Waals surface area contributed by atoms with E-state index in [-0.39, 0.29) is 11.9 Å². The van der Waals surface area contributed by atoms with Gasteiger partial charge in [0.2, 0.25) is 0 Å². The summed E-state index contributed by atoms with van der Waals surface area (Å²) >= 11 is 0. The number of nitrogens with zero attached hydrogens (tertiary/aromatic N) is 4. The van der Waals surface area contributed by atoms with E-state index in [2.05, 4.69) is 17.0 Å². The Balaban J connectivity index is 1.65. The van der Waals surface area contributed by atoms with E-state index in [0.717, 1.165) is 37.4 Å². The van der Waals surface area contributed by atoms with Gasteiger partial charge in [0.25, 0.3) is 5.91 Å². The summed E-state index contributed by atoms with van der Waals surface area (Å²) in [6.07, 6.45) is 5.23. The van der Waals surface area contributed by atoms with Crippen LogP contribution in [0.25, 0.3) is 5.69 Å². The Morgan fingerprint density at radius 1 is 1.21 bits per heavy atom. The van der Waals surface area contributed by atoms with Crippen molar-refractivity contribution in [3.05, 3.63) is 66.4 Å². The molecule has 1 fully saturated rings. The van der Waals surface area contributed by atoms with Crippen molar-refractivity contribution in [2.45, 2.75) is 25.4 Å². The van der Waals surface area contributed by atoms with Crippen LogP contribution in [0.3, 0.4) is 0 Å². The molecule has 0 bridgehead atoms. The molecule has 29 heavy (non-hydrogen) atoms. The quantitative estimate of drug-likeness (QED) is 0.642. The number of hydrogen-bond donors (Lipinski definition) is 0. The summed E-state index contributed by atoms with van der Waals surface area (Å²) in [5, 5.41) is 4.57. The molecule has 0 saturated carbocycles. The molecule has 0 unspecified atom stereocenters. The maximum atomic E-state index is 13.6. The second-order valence-corrected chi connectivity index (χ2v) is 7.37. The number of carbonyl (C=O) groups is 1. The van der Waals surface area contributed by atoms with Gasteiger partial charge in [-0.1, -0.05) is 18.2 Å². The number of amides is 1. The Hall–Kier alpha value is -3.06. The van der Waals surface area contributed by atoms with E-state index in [1.165, 1.54) is 0 Å². The first-order valence-corrected chi connectivity index (χ1v) is 9.86. The van der Waals surface area contributed by atoms with Crippen molar-refractivity contribution in [1.82, 2.24) is 19.6 Å². The van der Waals surface area contributed by atoms with Gasteiger partial charge in [-0.05, 0) is 57.2 Å². The molecule has 0 N–H and O–H groups in total. The number of hydrogen-bond acceptors (Lipinski definition) is 5. The van der Waals surface area contributed by atoms with Crippen molar-refractivity contribution in [3.63, 3.8) is 0 Å². The van der Waals surface area contributed by atoms with Gasteiger partial charge >= 0.3 is 0 Å². The molecule has 0 atom stereocenters. The Bertz CT molecular complexity index is 928. The van der Waals surface area contributed by atoms with Crippen molar-refractivity contribution in [2.75, 3.05) is 27.2 Å². The molecule has 3 aromatic rings. The first-order chi connectivity index (χ1) is 14.2. The van der Waals surface area contributed by atoms with Gasteiger partial charge < -0.3 is 19.0 Å². The van der Waals surface area contributed by atoms with Crippen LogP contribution in [-0.2, 0) is 6.54 Å². The Morgan fingerprint density at radius 3 is 2.62 bits per heavy atom. The lowest BCUT2D eigenvalue weighted by molar-refractivity contribution is 0.0541. The third-order valence-electron chi connectivity index (χ3n) is 5.42. The number of furan rings is 1. The van der Waals surface area contributed by atoms with Crippen LogP contribution in [0.15, 0.2) is 59.3 Å². The summed E-state index contributed by atoms with van der Waals surface area (Å²) in [4.78, 5) is 17.8. The fraction of sp³-hybridized carbons (Fsp3) is 0.364. The zero-order chi connectivity index (χ0) is 20.2. The minimum atomic E-state index is -0.137. The van der Waals surface area contributed by atoms with Crippen LogP contribution in [0.4, 0.5) is 0 Å². The monoisotopic (exact) mass is 394 g/mol. The Labute approximate surface area is 170 Å². The van der Waals surface area contributed by atoms with Gasteiger partial charge in [0, 0.05) is 6.04 Å². The van der Waals surface area contributed by atoms with E-state index in [4.69, 9.17) is 9.15 Å². The lowest BCUT2D eigenvalue weighted by atomic mass is 10.0. The summed E-state index contributed by atoms with van der Waals surface area (Å²) in [7, 11) is 3.68. The van der Waals surface area contributed by atoms with E-state index < -0.39 is 0 Å². The predicted octanol–water partition coefficient (Wildman–Crippen LogP) is 3.21. The van der Waals surface area contributed by atoms with Crippen LogP contribution in [0, 0.1) is 0 Å². The zero-order valence-electron chi connectivity index (χ0n) is 16.8. The highest BCUT2D eigenvalue weighted by atomic mass is 16.5. The second kappa shape index (κ2) is 8.53. The minimum Gasteiger partial charge on any atom is -0.493 e. The molecule has 0 radical (unpaired) electrons. The third kappa shape index (κ3) is 4.19. The first kappa shape index (κ1) is 19.3. The molecule has 7 heteroatoms. The number of benzene rings is 1. The highest BCUT2D eigenvalue weighted by molar-refractivity contribution is 5.95. The Morgan fingerprint density at radius 2 is 1.97 bits per heavy atom. The molecule has 0 aliphatic carbocycles. The highest BCUT2D eigenvalue weighted by Crippen LogP contribution is 2.26. The highest BCUT2D eigenvalue weighted by Gasteiger charge is 2.32. The van der Waals surface area contributed by atoms with Crippen molar-refractivity contribution in [2.24, 2.45) is 0 Å². The average molecular weight is 394 g/mol. The van der Waals surface area contributed by atoms with Crippen LogP contribution >= 0.6 is 0 Å². The maximum absolute atomic E-state index is 13.6. The SMILES string of the molecule is COc1cn(-c2ccccc2)nc1C(=O)N(Cc1ccco1)C1CCN(C)CC1. The van der Waals surface area contributed by atoms with Gasteiger partial charge in [0.05, 0.1) is 31.8 Å². The van der Waals surface area contributed by atoms with Gasteiger partial charge in [-0.15, -0.1) is 0 Å². The predicted molar refractivity (Wildman–Crippen MR) is 109 cm³/mol. The molecule has 2 aromatic heterocycles. The van der Waals surface area contributed by atoms with Crippen LogP contribution < -0.4 is 4.74 Å². The van der Waals surface area contributed by atoms with E-state index in [1.54, 1.807) is 24.3 Å². The largest absolute Gasteiger partial charge is 0.493 e. The summed E-state index contributed by atoms with van der Waals surface area (Å²) < 4.78 is 12.7. The van der Waals surface area contributed by atoms with Crippen LogP contribution in [-0.4, -0.2) is 58.8 Å². The fourth-order valence-electron chi connectivity index (χ4n) is 3.75. The summed E-state index contributed by atoms with van der Waals surface area (Å²) in [6.45, 7) is 2.34. The molecule has 1 aliphatic heterocycles. The normalized spacial score (nSPS) is 15.4. The van der Waals surface area contributed by atoms with Crippen molar-refractivity contribution < 1.29 is 13.9 Å². The molecule has 7 nitrogen and oxygen atoms in total. The van der Waals surface area contributed by atoms with E-state index in [1.807, 2.05) is 47.4 Å². The molecule has 1 aliphatic rings. The first-order valence-electron chi connectivity index (χ1n) is 9.86. The lowest BCUT2D eigenvalue weighted by Gasteiger charge is -2.36. The molecule has 4 rings (SSSR count). The molecule has 1 saturated heterocycles. The van der Waals surface area contributed by atoms with E-state index in [0.29, 0.717) is 18.0 Å². The summed E-state index contributed by atoms with van der Waals surface area (Å²) in [5.74, 6) is 1.09. The molecular formula is C22H26N4O3. The number of likely N-dealkylation sites (tertiary alicyclic amines) is 1. The smallest absolute Gasteiger partial charge is 0.278 e. The Kier molecular flexibility index (Phi) is 5.67. The van der Waals surface area contributed by atoms with Crippen molar-refractivity contribution in [1.29, 1.82) is 0 Å². The standard InChI is InChI=1S/C22H26N4O3/c1-24-12-10-17(11-13-24)25(15-19-9-6-14-29-19)22(27)21-20(28-2)16-26(23-21)18-7-4-3-5-8-18/h3-9,14,16-17H,10-13,15H2,1-2H3. The number of piperidine rings is 1. The fourth-order valence-corrected chi connectivity index (χ4v) is 3.75. The number of aromatic nitrogens is 2. The number of methoxy groups -OCH3 is 1. The lowest BCUT2D eigenvalue weighted by Crippen LogP contribution is -2.46. The third-order valence-corrected chi connectivity index (χ3v) is 5.42. The van der Waals surface area contributed by atoms with Gasteiger partial charge in [-0.2, -0.15) is 5.10 Å². The van der Waals surface area contributed by atoms with Crippen molar-refractivity contribution in [3.8, 4) is 11.4 Å². The van der Waals surface area contributed by atoms with Crippen LogP contribution in [0.2, 0.25) is 0 Å². The molecule has 0 spiro atoms. The molecule has 152 valence electrons.